The van der Waals surface area contributed by atoms with Gasteiger partial charge in [0.1, 0.15) is 0 Å². The molecule has 0 spiro atoms. The SMILES string of the molecule is O=C(NCC1(O)CCC1)c1ccccc1C(F)(F)F. The molecular weight excluding hydrogens is 259 g/mol. The van der Waals surface area contributed by atoms with Crippen LogP contribution in [-0.4, -0.2) is 23.2 Å². The molecule has 0 atom stereocenters. The van der Waals surface area contributed by atoms with Gasteiger partial charge in [0.05, 0.1) is 16.7 Å². The maximum Gasteiger partial charge on any atom is 0.417 e. The number of hydrogen-bond acceptors (Lipinski definition) is 2. The summed E-state index contributed by atoms with van der Waals surface area (Å²) in [6.07, 6.45) is -2.57. The molecular formula is C13H14F3NO2. The van der Waals surface area contributed by atoms with E-state index >= 15 is 0 Å². The molecule has 0 heterocycles. The largest absolute Gasteiger partial charge is 0.417 e. The summed E-state index contributed by atoms with van der Waals surface area (Å²) in [5.41, 5.74) is -2.34. The Morgan fingerprint density at radius 3 is 2.47 bits per heavy atom. The average Bonchev–Trinajstić information content (AvgIpc) is 2.32. The number of carbonyl (C=O) groups is 1. The average molecular weight is 273 g/mol. The van der Waals surface area contributed by atoms with Gasteiger partial charge >= 0.3 is 6.18 Å². The topological polar surface area (TPSA) is 49.3 Å². The van der Waals surface area contributed by atoms with Crippen LogP contribution in [-0.2, 0) is 6.18 Å². The van der Waals surface area contributed by atoms with Gasteiger partial charge in [-0.15, -0.1) is 0 Å². The van der Waals surface area contributed by atoms with Gasteiger partial charge in [0.25, 0.3) is 5.91 Å². The van der Waals surface area contributed by atoms with Gasteiger partial charge in [-0.3, -0.25) is 4.79 Å². The molecule has 2 N–H and O–H groups in total. The van der Waals surface area contributed by atoms with Crippen molar-refractivity contribution >= 4 is 5.91 Å². The summed E-state index contributed by atoms with van der Waals surface area (Å²) >= 11 is 0. The zero-order valence-electron chi connectivity index (χ0n) is 10.1. The van der Waals surface area contributed by atoms with Gasteiger partial charge in [0, 0.05) is 6.54 Å². The fraction of sp³-hybridized carbons (Fsp3) is 0.462. The first-order chi connectivity index (χ1) is 8.82. The summed E-state index contributed by atoms with van der Waals surface area (Å²) in [4.78, 5) is 11.8. The van der Waals surface area contributed by atoms with Crippen LogP contribution >= 0.6 is 0 Å². The highest BCUT2D eigenvalue weighted by molar-refractivity contribution is 5.95. The van der Waals surface area contributed by atoms with Crippen LogP contribution < -0.4 is 5.32 Å². The first kappa shape index (κ1) is 13.9. The van der Waals surface area contributed by atoms with Gasteiger partial charge in [-0.05, 0) is 31.4 Å². The molecule has 2 rings (SSSR count). The zero-order valence-corrected chi connectivity index (χ0v) is 10.1. The van der Waals surface area contributed by atoms with E-state index in [-0.39, 0.29) is 6.54 Å². The van der Waals surface area contributed by atoms with Crippen molar-refractivity contribution in [2.75, 3.05) is 6.54 Å². The fourth-order valence-electron chi connectivity index (χ4n) is 2.03. The first-order valence-corrected chi connectivity index (χ1v) is 5.99. The van der Waals surface area contributed by atoms with Crippen molar-refractivity contribution in [1.82, 2.24) is 5.32 Å². The molecule has 1 aromatic rings. The van der Waals surface area contributed by atoms with E-state index in [1.807, 2.05) is 0 Å². The van der Waals surface area contributed by atoms with Crippen LogP contribution in [0.1, 0.15) is 35.2 Å². The maximum atomic E-state index is 12.7. The molecule has 0 unspecified atom stereocenters. The first-order valence-electron chi connectivity index (χ1n) is 5.99. The van der Waals surface area contributed by atoms with Gasteiger partial charge < -0.3 is 10.4 Å². The van der Waals surface area contributed by atoms with Crippen LogP contribution in [0.3, 0.4) is 0 Å². The predicted octanol–water partition coefficient (Wildman–Crippen LogP) is 2.35. The summed E-state index contributed by atoms with van der Waals surface area (Å²) in [5.74, 6) is -0.812. The van der Waals surface area contributed by atoms with Crippen molar-refractivity contribution in [1.29, 1.82) is 0 Å². The van der Waals surface area contributed by atoms with E-state index in [0.717, 1.165) is 18.6 Å². The molecule has 1 fully saturated rings. The van der Waals surface area contributed by atoms with E-state index < -0.39 is 28.8 Å². The molecule has 1 saturated carbocycles. The van der Waals surface area contributed by atoms with Crippen LogP contribution in [0.2, 0.25) is 0 Å². The lowest BCUT2D eigenvalue weighted by molar-refractivity contribution is -0.137. The predicted molar refractivity (Wildman–Crippen MR) is 62.6 cm³/mol. The Labute approximate surface area is 108 Å². The van der Waals surface area contributed by atoms with Crippen molar-refractivity contribution in [2.24, 2.45) is 0 Å². The van der Waals surface area contributed by atoms with Crippen molar-refractivity contribution in [3.8, 4) is 0 Å². The molecule has 0 bridgehead atoms. The Morgan fingerprint density at radius 1 is 1.32 bits per heavy atom. The Bertz CT molecular complexity index is 481. The monoisotopic (exact) mass is 273 g/mol. The van der Waals surface area contributed by atoms with E-state index in [9.17, 15) is 23.1 Å². The molecule has 0 aliphatic heterocycles. The lowest BCUT2D eigenvalue weighted by atomic mass is 9.80. The second kappa shape index (κ2) is 4.85. The normalized spacial score (nSPS) is 17.7. The molecule has 0 radical (unpaired) electrons. The van der Waals surface area contributed by atoms with Crippen molar-refractivity contribution in [3.63, 3.8) is 0 Å². The summed E-state index contributed by atoms with van der Waals surface area (Å²) in [6, 6.07) is 4.61. The molecule has 1 amide bonds. The number of hydrogen-bond donors (Lipinski definition) is 2. The van der Waals surface area contributed by atoms with E-state index in [2.05, 4.69) is 5.32 Å². The van der Waals surface area contributed by atoms with E-state index in [1.54, 1.807) is 0 Å². The quantitative estimate of drug-likeness (QED) is 0.888. The molecule has 1 aliphatic carbocycles. The minimum absolute atomic E-state index is 0.0158. The lowest BCUT2D eigenvalue weighted by Crippen LogP contribution is -2.48. The molecule has 104 valence electrons. The van der Waals surface area contributed by atoms with E-state index in [1.165, 1.54) is 12.1 Å². The minimum Gasteiger partial charge on any atom is -0.388 e. The van der Waals surface area contributed by atoms with Gasteiger partial charge in [-0.2, -0.15) is 13.2 Å². The van der Waals surface area contributed by atoms with Crippen LogP contribution in [0.4, 0.5) is 13.2 Å². The number of carbonyl (C=O) groups excluding carboxylic acids is 1. The zero-order chi connectivity index (χ0) is 14.1. The van der Waals surface area contributed by atoms with E-state index in [4.69, 9.17) is 0 Å². The molecule has 19 heavy (non-hydrogen) atoms. The van der Waals surface area contributed by atoms with Crippen molar-refractivity contribution in [3.05, 3.63) is 35.4 Å². The molecule has 0 aromatic heterocycles. The van der Waals surface area contributed by atoms with Crippen molar-refractivity contribution in [2.45, 2.75) is 31.0 Å². The number of amides is 1. The third-order valence-corrected chi connectivity index (χ3v) is 3.34. The smallest absolute Gasteiger partial charge is 0.388 e. The number of rotatable bonds is 3. The second-order valence-electron chi connectivity index (χ2n) is 4.80. The molecule has 1 aliphatic rings. The number of nitrogens with one attached hydrogen (secondary N) is 1. The Morgan fingerprint density at radius 2 is 1.95 bits per heavy atom. The van der Waals surface area contributed by atoms with Crippen molar-refractivity contribution < 1.29 is 23.1 Å². The highest BCUT2D eigenvalue weighted by Gasteiger charge is 2.37. The van der Waals surface area contributed by atoms with Crippen LogP contribution in [0.5, 0.6) is 0 Å². The third-order valence-electron chi connectivity index (χ3n) is 3.34. The summed E-state index contributed by atoms with van der Waals surface area (Å²) in [5, 5.41) is 12.2. The lowest BCUT2D eigenvalue weighted by Gasteiger charge is -2.36. The minimum atomic E-state index is -4.57. The number of benzene rings is 1. The Hall–Kier alpha value is -1.56. The van der Waals surface area contributed by atoms with Gasteiger partial charge in [0.15, 0.2) is 0 Å². The molecule has 0 saturated heterocycles. The number of halogens is 3. The summed E-state index contributed by atoms with van der Waals surface area (Å²) in [7, 11) is 0. The van der Waals surface area contributed by atoms with Crippen LogP contribution in [0.25, 0.3) is 0 Å². The molecule has 3 nitrogen and oxygen atoms in total. The number of aliphatic hydroxyl groups is 1. The van der Waals surface area contributed by atoms with E-state index in [0.29, 0.717) is 12.8 Å². The van der Waals surface area contributed by atoms with Crippen LogP contribution in [0.15, 0.2) is 24.3 Å². The third kappa shape index (κ3) is 3.07. The number of alkyl halides is 3. The van der Waals surface area contributed by atoms with Gasteiger partial charge in [-0.1, -0.05) is 12.1 Å². The highest BCUT2D eigenvalue weighted by atomic mass is 19.4. The second-order valence-corrected chi connectivity index (χ2v) is 4.80. The summed E-state index contributed by atoms with van der Waals surface area (Å²) in [6.45, 7) is -0.0158. The fourth-order valence-corrected chi connectivity index (χ4v) is 2.03. The molecule has 6 heteroatoms. The maximum absolute atomic E-state index is 12.7. The highest BCUT2D eigenvalue weighted by Crippen LogP contribution is 2.33. The Balaban J connectivity index is 2.11. The Kier molecular flexibility index (Phi) is 3.54. The molecule has 1 aromatic carbocycles. The summed E-state index contributed by atoms with van der Waals surface area (Å²) < 4.78 is 38.2. The van der Waals surface area contributed by atoms with Crippen LogP contribution in [0, 0.1) is 0 Å². The standard InChI is InChI=1S/C13H14F3NO2/c14-13(15,16)10-5-2-1-4-9(10)11(18)17-8-12(19)6-3-7-12/h1-2,4-5,19H,3,6-8H2,(H,17,18). The van der Waals surface area contributed by atoms with Gasteiger partial charge in [0.2, 0.25) is 0 Å². The van der Waals surface area contributed by atoms with Gasteiger partial charge in [-0.25, -0.2) is 0 Å².